The summed E-state index contributed by atoms with van der Waals surface area (Å²) in [4.78, 5) is 14.3. The Morgan fingerprint density at radius 2 is 2.00 bits per heavy atom. The van der Waals surface area contributed by atoms with E-state index >= 15 is 0 Å². The van der Waals surface area contributed by atoms with Crippen LogP contribution in [0.3, 0.4) is 0 Å². The van der Waals surface area contributed by atoms with Gasteiger partial charge in [0.25, 0.3) is 0 Å². The molecule has 1 N–H and O–H groups in total. The molecule has 1 atom stereocenters. The maximum atomic E-state index is 12.1. The van der Waals surface area contributed by atoms with Crippen molar-refractivity contribution in [3.63, 3.8) is 0 Å². The molecule has 8 heteroatoms. The van der Waals surface area contributed by atoms with Crippen LogP contribution in [0.2, 0.25) is 0 Å². The largest absolute Gasteiger partial charge is 0.381 e. The highest BCUT2D eigenvalue weighted by Gasteiger charge is 2.26. The zero-order chi connectivity index (χ0) is 17.8. The van der Waals surface area contributed by atoms with Crippen LogP contribution in [0.4, 0.5) is 5.95 Å². The monoisotopic (exact) mass is 356 g/mol. The smallest absolute Gasteiger partial charge is 0.250 e. The van der Waals surface area contributed by atoms with Crippen LogP contribution >= 0.6 is 0 Å². The zero-order valence-corrected chi connectivity index (χ0v) is 14.8. The first-order valence-electron chi connectivity index (χ1n) is 9.25. The number of rotatable bonds is 5. The summed E-state index contributed by atoms with van der Waals surface area (Å²) >= 11 is 0. The second-order valence-electron chi connectivity index (χ2n) is 6.96. The van der Waals surface area contributed by atoms with Gasteiger partial charge in [-0.2, -0.15) is 4.68 Å². The molecular weight excluding hydrogens is 332 g/mol. The van der Waals surface area contributed by atoms with E-state index in [1.54, 1.807) is 4.68 Å². The molecule has 138 valence electrons. The topological polar surface area (TPSA) is 85.2 Å². The Labute approximate surface area is 152 Å². The Balaban J connectivity index is 1.30. The summed E-state index contributed by atoms with van der Waals surface area (Å²) in [5.74, 6) is 1.45. The normalized spacial score (nSPS) is 21.1. The summed E-state index contributed by atoms with van der Waals surface area (Å²) in [6.45, 7) is 3.78. The van der Waals surface area contributed by atoms with E-state index in [1.807, 2.05) is 30.3 Å². The van der Waals surface area contributed by atoms with Crippen LogP contribution in [0.1, 0.15) is 19.3 Å². The Hall–Kier alpha value is -2.48. The van der Waals surface area contributed by atoms with Crippen LogP contribution in [-0.4, -0.2) is 59.0 Å². The molecule has 2 aliphatic rings. The van der Waals surface area contributed by atoms with Crippen molar-refractivity contribution >= 4 is 11.9 Å². The highest BCUT2D eigenvalue weighted by molar-refractivity contribution is 5.78. The molecular formula is C18H24N6O2. The van der Waals surface area contributed by atoms with Crippen molar-refractivity contribution in [1.29, 1.82) is 0 Å². The molecule has 1 aromatic carbocycles. The highest BCUT2D eigenvalue weighted by Crippen LogP contribution is 2.23. The third-order valence-electron chi connectivity index (χ3n) is 5.22. The molecule has 1 unspecified atom stereocenters. The molecule has 0 bridgehead atoms. The fourth-order valence-electron chi connectivity index (χ4n) is 3.58. The molecule has 0 spiro atoms. The predicted molar refractivity (Wildman–Crippen MR) is 96.0 cm³/mol. The first-order chi connectivity index (χ1) is 12.8. The quantitative estimate of drug-likeness (QED) is 0.861. The van der Waals surface area contributed by atoms with Gasteiger partial charge in [-0.25, -0.2) is 0 Å². The van der Waals surface area contributed by atoms with Crippen LogP contribution in [0.15, 0.2) is 30.3 Å². The van der Waals surface area contributed by atoms with E-state index in [9.17, 15) is 4.79 Å². The van der Waals surface area contributed by atoms with Crippen molar-refractivity contribution in [3.05, 3.63) is 30.3 Å². The number of nitrogens with zero attached hydrogens (tertiary/aromatic N) is 5. The summed E-state index contributed by atoms with van der Waals surface area (Å²) in [6, 6.07) is 9.92. The second-order valence-corrected chi connectivity index (χ2v) is 6.96. The summed E-state index contributed by atoms with van der Waals surface area (Å²) < 4.78 is 7.06. The summed E-state index contributed by atoms with van der Waals surface area (Å²) in [7, 11) is 0. The maximum absolute atomic E-state index is 12.1. The van der Waals surface area contributed by atoms with Gasteiger partial charge in [-0.15, -0.1) is 0 Å². The lowest BCUT2D eigenvalue weighted by Gasteiger charge is -2.32. The van der Waals surface area contributed by atoms with Crippen LogP contribution in [0, 0.1) is 11.8 Å². The Morgan fingerprint density at radius 1 is 1.19 bits per heavy atom. The number of benzene rings is 1. The summed E-state index contributed by atoms with van der Waals surface area (Å²) in [5, 5.41) is 15.3. The lowest BCUT2D eigenvalue weighted by Crippen LogP contribution is -2.41. The van der Waals surface area contributed by atoms with E-state index in [0.717, 1.165) is 50.5 Å². The van der Waals surface area contributed by atoms with E-state index in [0.29, 0.717) is 19.1 Å². The first-order valence-corrected chi connectivity index (χ1v) is 9.25. The number of carbonyl (C=O) groups excluding carboxylic acids is 1. The Bertz CT molecular complexity index is 720. The van der Waals surface area contributed by atoms with Gasteiger partial charge in [-0.1, -0.05) is 23.3 Å². The average Bonchev–Trinajstić information content (AvgIpc) is 3.39. The van der Waals surface area contributed by atoms with Gasteiger partial charge < -0.3 is 15.0 Å². The van der Waals surface area contributed by atoms with Crippen LogP contribution in [0.5, 0.6) is 0 Å². The standard InChI is InChI=1S/C18H24N6O2/c25-17(15-8-11-26-13-15)19-12-14-6-9-23(10-7-14)18-20-21-22-24(18)16-4-2-1-3-5-16/h1-5,14-15H,6-13H2,(H,19,25). The van der Waals surface area contributed by atoms with Crippen molar-refractivity contribution in [2.24, 2.45) is 11.8 Å². The van der Waals surface area contributed by atoms with Crippen LogP contribution < -0.4 is 10.2 Å². The first kappa shape index (κ1) is 17.0. The van der Waals surface area contributed by atoms with Crippen molar-refractivity contribution in [2.75, 3.05) is 37.7 Å². The van der Waals surface area contributed by atoms with Crippen LogP contribution in [-0.2, 0) is 9.53 Å². The molecule has 2 fully saturated rings. The molecule has 2 aromatic rings. The number of aromatic nitrogens is 4. The number of hydrogen-bond acceptors (Lipinski definition) is 6. The number of anilines is 1. The number of tetrazole rings is 1. The summed E-state index contributed by atoms with van der Waals surface area (Å²) in [5.41, 5.74) is 0.959. The lowest BCUT2D eigenvalue weighted by molar-refractivity contribution is -0.125. The fourth-order valence-corrected chi connectivity index (χ4v) is 3.58. The van der Waals surface area contributed by atoms with Crippen molar-refractivity contribution < 1.29 is 9.53 Å². The number of para-hydroxylation sites is 1. The van der Waals surface area contributed by atoms with Gasteiger partial charge in [-0.05, 0) is 47.7 Å². The number of piperidine rings is 1. The highest BCUT2D eigenvalue weighted by atomic mass is 16.5. The van der Waals surface area contributed by atoms with E-state index in [2.05, 4.69) is 25.7 Å². The fraction of sp³-hybridized carbons (Fsp3) is 0.556. The third-order valence-corrected chi connectivity index (χ3v) is 5.22. The maximum Gasteiger partial charge on any atom is 0.250 e. The number of ether oxygens (including phenoxy) is 1. The van der Waals surface area contributed by atoms with Gasteiger partial charge in [0.1, 0.15) is 0 Å². The molecule has 1 amide bonds. The minimum absolute atomic E-state index is 0.0330. The molecule has 3 heterocycles. The van der Waals surface area contributed by atoms with Gasteiger partial charge in [0.15, 0.2) is 0 Å². The number of amides is 1. The van der Waals surface area contributed by atoms with Crippen molar-refractivity contribution in [3.8, 4) is 5.69 Å². The number of carbonyl (C=O) groups is 1. The molecule has 2 saturated heterocycles. The lowest BCUT2D eigenvalue weighted by atomic mass is 9.96. The average molecular weight is 356 g/mol. The SMILES string of the molecule is O=C(NCC1CCN(c2nnnn2-c2ccccc2)CC1)C1CCOC1. The number of hydrogen-bond donors (Lipinski definition) is 1. The van der Waals surface area contributed by atoms with E-state index in [1.165, 1.54) is 0 Å². The van der Waals surface area contributed by atoms with E-state index in [-0.39, 0.29) is 11.8 Å². The minimum atomic E-state index is 0.0330. The van der Waals surface area contributed by atoms with E-state index < -0.39 is 0 Å². The van der Waals surface area contributed by atoms with E-state index in [4.69, 9.17) is 4.74 Å². The van der Waals surface area contributed by atoms with Crippen LogP contribution in [0.25, 0.3) is 5.69 Å². The van der Waals surface area contributed by atoms with Gasteiger partial charge in [0.05, 0.1) is 18.2 Å². The molecule has 0 radical (unpaired) electrons. The molecule has 26 heavy (non-hydrogen) atoms. The van der Waals surface area contributed by atoms with Gasteiger partial charge in [0.2, 0.25) is 11.9 Å². The van der Waals surface area contributed by atoms with Crippen molar-refractivity contribution in [1.82, 2.24) is 25.5 Å². The van der Waals surface area contributed by atoms with Gasteiger partial charge in [-0.3, -0.25) is 4.79 Å². The predicted octanol–water partition coefficient (Wildman–Crippen LogP) is 1.03. The molecule has 1 aromatic heterocycles. The molecule has 0 saturated carbocycles. The summed E-state index contributed by atoms with van der Waals surface area (Å²) in [6.07, 6.45) is 2.87. The Morgan fingerprint density at radius 3 is 2.73 bits per heavy atom. The van der Waals surface area contributed by atoms with Crippen molar-refractivity contribution in [2.45, 2.75) is 19.3 Å². The zero-order valence-electron chi connectivity index (χ0n) is 14.8. The number of nitrogens with one attached hydrogen (secondary N) is 1. The van der Waals surface area contributed by atoms with Gasteiger partial charge in [0, 0.05) is 26.2 Å². The molecule has 4 rings (SSSR count). The third kappa shape index (κ3) is 3.70. The second kappa shape index (κ2) is 7.82. The Kier molecular flexibility index (Phi) is 5.10. The van der Waals surface area contributed by atoms with Gasteiger partial charge >= 0.3 is 0 Å². The molecule has 2 aliphatic heterocycles. The molecule has 0 aliphatic carbocycles. The molecule has 8 nitrogen and oxygen atoms in total. The minimum Gasteiger partial charge on any atom is -0.381 e.